The molecule has 1 N–H and O–H groups in total. The smallest absolute Gasteiger partial charge is 0.270 e. The van der Waals surface area contributed by atoms with Crippen LogP contribution in [0.4, 0.5) is 5.69 Å². The van der Waals surface area contributed by atoms with Gasteiger partial charge in [-0.15, -0.1) is 0 Å². The Labute approximate surface area is 168 Å². The Morgan fingerprint density at radius 3 is 2.50 bits per heavy atom. The van der Waals surface area contributed by atoms with Crippen LogP contribution in [0.15, 0.2) is 45.8 Å². The van der Waals surface area contributed by atoms with Gasteiger partial charge in [0.2, 0.25) is 0 Å². The van der Waals surface area contributed by atoms with Crippen LogP contribution in [-0.2, 0) is 4.79 Å². The first-order chi connectivity index (χ1) is 12.4. The Morgan fingerprint density at radius 2 is 1.88 bits per heavy atom. The van der Waals surface area contributed by atoms with Crippen LogP contribution in [0.3, 0.4) is 0 Å². The summed E-state index contributed by atoms with van der Waals surface area (Å²) in [6, 6.07) is 10.5. The molecule has 0 bridgehead atoms. The van der Waals surface area contributed by atoms with Gasteiger partial charge in [0.1, 0.15) is 5.75 Å². The van der Waals surface area contributed by atoms with Crippen molar-refractivity contribution in [3.63, 3.8) is 0 Å². The molecule has 8 heteroatoms. The van der Waals surface area contributed by atoms with Crippen molar-refractivity contribution >= 4 is 61.9 Å². The van der Waals surface area contributed by atoms with Gasteiger partial charge in [-0.05, 0) is 64.0 Å². The van der Waals surface area contributed by atoms with Crippen LogP contribution in [0.1, 0.15) is 5.56 Å². The van der Waals surface area contributed by atoms with E-state index in [4.69, 9.17) is 21.7 Å². The summed E-state index contributed by atoms with van der Waals surface area (Å²) in [5.41, 5.74) is 1.39. The lowest BCUT2D eigenvalue weighted by Crippen LogP contribution is -2.27. The molecule has 0 aliphatic carbocycles. The number of aromatic hydroxyl groups is 1. The minimum atomic E-state index is -0.201. The maximum absolute atomic E-state index is 12.8. The Balaban J connectivity index is 1.93. The quantitative estimate of drug-likeness (QED) is 0.542. The zero-order valence-electron chi connectivity index (χ0n) is 13.9. The monoisotopic (exact) mass is 451 g/mol. The number of benzene rings is 2. The Bertz CT molecular complexity index is 912. The number of rotatable bonds is 4. The number of hydrogen-bond acceptors (Lipinski definition) is 6. The highest BCUT2D eigenvalue weighted by Gasteiger charge is 2.33. The van der Waals surface area contributed by atoms with Crippen molar-refractivity contribution in [1.29, 1.82) is 0 Å². The number of phenolic OH excluding ortho intramolecular Hbond substituents is 1. The highest BCUT2D eigenvalue weighted by molar-refractivity contribution is 9.10. The van der Waals surface area contributed by atoms with Crippen LogP contribution in [0.2, 0.25) is 0 Å². The van der Waals surface area contributed by atoms with E-state index in [-0.39, 0.29) is 11.7 Å². The van der Waals surface area contributed by atoms with Gasteiger partial charge in [-0.3, -0.25) is 9.69 Å². The Hall–Kier alpha value is -2.03. The molecule has 1 fully saturated rings. The van der Waals surface area contributed by atoms with Gasteiger partial charge in [-0.25, -0.2) is 0 Å². The Kier molecular flexibility index (Phi) is 5.55. The molecule has 0 unspecified atom stereocenters. The van der Waals surface area contributed by atoms with Gasteiger partial charge in [0.15, 0.2) is 15.8 Å². The topological polar surface area (TPSA) is 59.0 Å². The lowest BCUT2D eigenvalue weighted by molar-refractivity contribution is -0.113. The predicted octanol–water partition coefficient (Wildman–Crippen LogP) is 4.58. The fraction of sp³-hybridized carbons (Fsp3) is 0.111. The molecule has 1 aliphatic rings. The second kappa shape index (κ2) is 7.69. The summed E-state index contributed by atoms with van der Waals surface area (Å²) in [5.74, 6) is 0.829. The molecule has 0 aromatic heterocycles. The first kappa shape index (κ1) is 18.8. The van der Waals surface area contributed by atoms with E-state index < -0.39 is 0 Å². The lowest BCUT2D eigenvalue weighted by Gasteiger charge is -2.14. The molecule has 1 amide bonds. The number of hydrogen-bond donors (Lipinski definition) is 1. The standard InChI is InChI=1S/C18H14BrNO4S2/c1-23-12-5-3-11(4-6-12)20-17(22)15(26-18(20)25)9-10-7-13(19)16(21)14(8-10)24-2/h3-9,21H,1-2H3. The molecule has 26 heavy (non-hydrogen) atoms. The van der Waals surface area contributed by atoms with E-state index in [1.807, 2.05) is 0 Å². The van der Waals surface area contributed by atoms with E-state index in [2.05, 4.69) is 15.9 Å². The molecule has 0 atom stereocenters. The van der Waals surface area contributed by atoms with E-state index in [0.717, 1.165) is 0 Å². The molecule has 1 aliphatic heterocycles. The summed E-state index contributed by atoms with van der Waals surface area (Å²) in [4.78, 5) is 14.8. The molecule has 5 nitrogen and oxygen atoms in total. The number of methoxy groups -OCH3 is 2. The maximum atomic E-state index is 12.8. The van der Waals surface area contributed by atoms with E-state index in [0.29, 0.717) is 36.4 Å². The molecular formula is C18H14BrNO4S2. The van der Waals surface area contributed by atoms with Crippen molar-refractivity contribution < 1.29 is 19.4 Å². The van der Waals surface area contributed by atoms with Crippen molar-refractivity contribution in [2.45, 2.75) is 0 Å². The fourth-order valence-electron chi connectivity index (χ4n) is 2.41. The van der Waals surface area contributed by atoms with Crippen molar-refractivity contribution in [3.8, 4) is 17.2 Å². The second-order valence-corrected chi connectivity index (χ2v) is 7.80. The zero-order chi connectivity index (χ0) is 18.8. The molecule has 0 spiro atoms. The number of thiocarbonyl (C=S) groups is 1. The molecular weight excluding hydrogens is 438 g/mol. The molecule has 1 heterocycles. The number of halogens is 1. The summed E-state index contributed by atoms with van der Waals surface area (Å²) in [6.07, 6.45) is 1.72. The third-order valence-corrected chi connectivity index (χ3v) is 5.60. The molecule has 0 saturated carbocycles. The summed E-state index contributed by atoms with van der Waals surface area (Å²) in [7, 11) is 3.05. The number of amides is 1. The van der Waals surface area contributed by atoms with Gasteiger partial charge < -0.3 is 14.6 Å². The van der Waals surface area contributed by atoms with E-state index in [1.165, 1.54) is 23.8 Å². The van der Waals surface area contributed by atoms with Crippen LogP contribution in [0.5, 0.6) is 17.2 Å². The molecule has 134 valence electrons. The van der Waals surface area contributed by atoms with Crippen LogP contribution in [0.25, 0.3) is 6.08 Å². The minimum absolute atomic E-state index is 0.00966. The van der Waals surface area contributed by atoms with E-state index in [9.17, 15) is 9.90 Å². The first-order valence-electron chi connectivity index (χ1n) is 7.43. The number of ether oxygens (including phenoxy) is 2. The van der Waals surface area contributed by atoms with Gasteiger partial charge >= 0.3 is 0 Å². The van der Waals surface area contributed by atoms with Crippen LogP contribution in [0, 0.1) is 0 Å². The summed E-state index contributed by atoms with van der Waals surface area (Å²) in [6.45, 7) is 0. The number of anilines is 1. The van der Waals surface area contributed by atoms with Crippen molar-refractivity contribution in [1.82, 2.24) is 0 Å². The van der Waals surface area contributed by atoms with Gasteiger partial charge in [0.25, 0.3) is 5.91 Å². The number of carbonyl (C=O) groups is 1. The van der Waals surface area contributed by atoms with Crippen LogP contribution in [-0.4, -0.2) is 29.6 Å². The number of thioether (sulfide) groups is 1. The van der Waals surface area contributed by atoms with Gasteiger partial charge in [-0.1, -0.05) is 24.0 Å². The highest BCUT2D eigenvalue weighted by atomic mass is 79.9. The van der Waals surface area contributed by atoms with Gasteiger partial charge in [0, 0.05) is 0 Å². The second-order valence-electron chi connectivity index (χ2n) is 5.27. The number of phenols is 1. The van der Waals surface area contributed by atoms with Crippen molar-refractivity contribution in [3.05, 3.63) is 51.3 Å². The Morgan fingerprint density at radius 1 is 1.19 bits per heavy atom. The lowest BCUT2D eigenvalue weighted by atomic mass is 10.2. The average molecular weight is 452 g/mol. The summed E-state index contributed by atoms with van der Waals surface area (Å²) >= 11 is 9.87. The van der Waals surface area contributed by atoms with Gasteiger partial charge in [0.05, 0.1) is 29.3 Å². The summed E-state index contributed by atoms with van der Waals surface area (Å²) < 4.78 is 11.2. The SMILES string of the molecule is COc1ccc(N2C(=O)C(=Cc3cc(Br)c(O)c(OC)c3)SC2=S)cc1. The third-order valence-electron chi connectivity index (χ3n) is 3.69. The molecule has 1 saturated heterocycles. The van der Waals surface area contributed by atoms with Crippen LogP contribution >= 0.6 is 39.9 Å². The molecule has 2 aromatic carbocycles. The summed E-state index contributed by atoms with van der Waals surface area (Å²) in [5, 5.41) is 9.91. The first-order valence-corrected chi connectivity index (χ1v) is 9.45. The van der Waals surface area contributed by atoms with Crippen molar-refractivity contribution in [2.24, 2.45) is 0 Å². The minimum Gasteiger partial charge on any atom is -0.503 e. The van der Waals surface area contributed by atoms with Crippen LogP contribution < -0.4 is 14.4 Å². The highest BCUT2D eigenvalue weighted by Crippen LogP contribution is 2.39. The normalized spacial score (nSPS) is 15.7. The fourth-order valence-corrected chi connectivity index (χ4v) is 4.16. The molecule has 2 aromatic rings. The maximum Gasteiger partial charge on any atom is 0.270 e. The van der Waals surface area contributed by atoms with E-state index >= 15 is 0 Å². The van der Waals surface area contributed by atoms with Crippen molar-refractivity contribution in [2.75, 3.05) is 19.1 Å². The van der Waals surface area contributed by atoms with E-state index in [1.54, 1.807) is 49.6 Å². The third kappa shape index (κ3) is 3.58. The number of nitrogens with zero attached hydrogens (tertiary/aromatic N) is 1. The largest absolute Gasteiger partial charge is 0.503 e. The predicted molar refractivity (Wildman–Crippen MR) is 111 cm³/mol. The molecule has 0 radical (unpaired) electrons. The van der Waals surface area contributed by atoms with Gasteiger partial charge in [-0.2, -0.15) is 0 Å². The number of carbonyl (C=O) groups excluding carboxylic acids is 1. The average Bonchev–Trinajstić information content (AvgIpc) is 2.91. The zero-order valence-corrected chi connectivity index (χ0v) is 17.1. The molecule has 3 rings (SSSR count).